The molecule has 0 saturated carbocycles. The molecule has 0 atom stereocenters. The van der Waals surface area contributed by atoms with Gasteiger partial charge in [0.25, 0.3) is 0 Å². The monoisotopic (exact) mass is 432 g/mol. The van der Waals surface area contributed by atoms with E-state index in [1.807, 2.05) is 0 Å². The molecule has 0 N–H and O–H groups in total. The number of aromatic nitrogens is 3. The van der Waals surface area contributed by atoms with E-state index in [-0.39, 0.29) is 28.5 Å². The minimum Gasteiger partial charge on any atom is -0.351 e. The number of benzene rings is 1. The van der Waals surface area contributed by atoms with Crippen molar-refractivity contribution < 1.29 is 26.3 Å². The lowest BCUT2D eigenvalue weighted by Gasteiger charge is -2.30. The molecule has 0 spiro atoms. The van der Waals surface area contributed by atoms with Crippen molar-refractivity contribution in [2.45, 2.75) is 25.3 Å². The topological polar surface area (TPSA) is 41.9 Å². The molecule has 0 fully saturated rings. The van der Waals surface area contributed by atoms with Gasteiger partial charge in [-0.15, -0.1) is 0 Å². The summed E-state index contributed by atoms with van der Waals surface area (Å²) in [6.07, 6.45) is -8.02. The molecule has 29 heavy (non-hydrogen) atoms. The van der Waals surface area contributed by atoms with Gasteiger partial charge in [0.2, 0.25) is 5.28 Å². The highest BCUT2D eigenvalue weighted by Gasteiger charge is 2.33. The molecule has 1 aliphatic heterocycles. The number of fused-ring (bicyclic) bond motifs is 2. The molecule has 0 radical (unpaired) electrons. The zero-order chi connectivity index (χ0) is 21.0. The minimum atomic E-state index is -4.56. The maximum Gasteiger partial charge on any atom is 0.417 e. The quantitative estimate of drug-likeness (QED) is 0.387. The predicted octanol–water partition coefficient (Wildman–Crippen LogP) is 5.28. The van der Waals surface area contributed by atoms with Crippen molar-refractivity contribution in [2.24, 2.45) is 0 Å². The van der Waals surface area contributed by atoms with Crippen LogP contribution < -0.4 is 4.90 Å². The molecule has 1 aliphatic rings. The highest BCUT2D eigenvalue weighted by atomic mass is 35.5. The van der Waals surface area contributed by atoms with E-state index in [1.54, 1.807) is 4.90 Å². The molecule has 0 saturated heterocycles. The van der Waals surface area contributed by atoms with Gasteiger partial charge >= 0.3 is 12.4 Å². The first-order chi connectivity index (χ1) is 13.5. The normalized spacial score (nSPS) is 14.9. The third-order valence-electron chi connectivity index (χ3n) is 4.64. The van der Waals surface area contributed by atoms with Crippen molar-refractivity contribution in [3.8, 4) is 0 Å². The number of anilines is 1. The Morgan fingerprint density at radius 2 is 1.66 bits per heavy atom. The lowest BCUT2D eigenvalue weighted by atomic mass is 10.0. The lowest BCUT2D eigenvalue weighted by Crippen LogP contribution is -2.32. The second-order valence-corrected chi connectivity index (χ2v) is 6.88. The maximum atomic E-state index is 13.1. The summed E-state index contributed by atoms with van der Waals surface area (Å²) in [6, 6.07) is 4.00. The zero-order valence-electron chi connectivity index (χ0n) is 14.4. The van der Waals surface area contributed by atoms with Crippen LogP contribution >= 0.6 is 11.6 Å². The van der Waals surface area contributed by atoms with Crippen molar-refractivity contribution in [3.63, 3.8) is 0 Å². The van der Waals surface area contributed by atoms with E-state index >= 15 is 0 Å². The largest absolute Gasteiger partial charge is 0.417 e. The lowest BCUT2D eigenvalue weighted by molar-refractivity contribution is -0.138. The number of hydrogen-bond donors (Lipinski definition) is 0. The molecular formula is C18H11ClF6N4. The average molecular weight is 433 g/mol. The van der Waals surface area contributed by atoms with Crippen molar-refractivity contribution in [1.29, 1.82) is 0 Å². The van der Waals surface area contributed by atoms with Gasteiger partial charge in [-0.05, 0) is 41.4 Å². The Balaban J connectivity index is 1.79. The van der Waals surface area contributed by atoms with Gasteiger partial charge in [0, 0.05) is 36.8 Å². The van der Waals surface area contributed by atoms with E-state index in [0.717, 1.165) is 24.4 Å². The summed E-state index contributed by atoms with van der Waals surface area (Å²) in [5, 5.41) is -0.0483. The third kappa shape index (κ3) is 3.81. The van der Waals surface area contributed by atoms with E-state index < -0.39 is 23.5 Å². The summed E-state index contributed by atoms with van der Waals surface area (Å²) >= 11 is 5.93. The molecule has 4 rings (SSSR count). The molecular weight excluding hydrogens is 422 g/mol. The number of hydrogen-bond acceptors (Lipinski definition) is 4. The predicted molar refractivity (Wildman–Crippen MR) is 93.5 cm³/mol. The summed E-state index contributed by atoms with van der Waals surface area (Å²) in [5.74, 6) is 0.133. The molecule has 2 aromatic heterocycles. The second-order valence-electron chi connectivity index (χ2n) is 6.55. The molecule has 0 aliphatic carbocycles. The summed E-state index contributed by atoms with van der Waals surface area (Å²) in [7, 11) is 0. The Bertz CT molecular complexity index is 1100. The number of pyridine rings is 1. The fraction of sp³-hybridized carbons (Fsp3) is 0.278. The van der Waals surface area contributed by atoms with Crippen LogP contribution in [-0.4, -0.2) is 21.5 Å². The highest BCUT2D eigenvalue weighted by molar-refractivity contribution is 6.28. The fourth-order valence-electron chi connectivity index (χ4n) is 3.26. The van der Waals surface area contributed by atoms with Crippen molar-refractivity contribution >= 4 is 28.3 Å². The molecule has 1 aromatic carbocycles. The number of halogens is 7. The number of rotatable bonds is 1. The van der Waals surface area contributed by atoms with Gasteiger partial charge in [0.1, 0.15) is 5.82 Å². The molecule has 3 heterocycles. The van der Waals surface area contributed by atoms with Crippen LogP contribution in [0.15, 0.2) is 30.5 Å². The van der Waals surface area contributed by atoms with Gasteiger partial charge in [-0.1, -0.05) is 0 Å². The Labute approximate surface area is 165 Å². The van der Waals surface area contributed by atoms with Crippen molar-refractivity contribution in [3.05, 3.63) is 58.1 Å². The van der Waals surface area contributed by atoms with Gasteiger partial charge in [-0.3, -0.25) is 4.98 Å². The van der Waals surface area contributed by atoms with Gasteiger partial charge in [0.15, 0.2) is 0 Å². The first kappa shape index (κ1) is 19.7. The van der Waals surface area contributed by atoms with E-state index in [9.17, 15) is 26.3 Å². The Morgan fingerprint density at radius 3 is 2.34 bits per heavy atom. The van der Waals surface area contributed by atoms with E-state index in [1.165, 1.54) is 6.07 Å². The average Bonchev–Trinajstić information content (AvgIpc) is 2.64. The molecule has 152 valence electrons. The molecule has 0 bridgehead atoms. The van der Waals surface area contributed by atoms with E-state index in [4.69, 9.17) is 11.6 Å². The van der Waals surface area contributed by atoms with Crippen LogP contribution in [0.25, 0.3) is 10.9 Å². The first-order valence-corrected chi connectivity index (χ1v) is 8.74. The van der Waals surface area contributed by atoms with Crippen LogP contribution in [0.5, 0.6) is 0 Å². The van der Waals surface area contributed by atoms with Gasteiger partial charge in [0.05, 0.1) is 16.6 Å². The summed E-state index contributed by atoms with van der Waals surface area (Å²) in [5.41, 5.74) is -0.713. The molecule has 0 amide bonds. The number of nitrogens with zero attached hydrogens (tertiary/aromatic N) is 4. The molecule has 0 unspecified atom stereocenters. The van der Waals surface area contributed by atoms with E-state index in [2.05, 4.69) is 15.0 Å². The van der Waals surface area contributed by atoms with Gasteiger partial charge < -0.3 is 4.90 Å². The molecule has 3 aromatic rings. The second kappa shape index (κ2) is 6.72. The SMILES string of the molecule is FC(F)(F)c1cnc2c(c1)CN(c1nc(Cl)nc3ccc(C(F)(F)F)cc13)CC2. The number of alkyl halides is 6. The van der Waals surface area contributed by atoms with Crippen molar-refractivity contribution in [1.82, 2.24) is 15.0 Å². The minimum absolute atomic E-state index is 0.00490. The van der Waals surface area contributed by atoms with Crippen LogP contribution in [0.1, 0.15) is 22.4 Å². The Hall–Kier alpha value is -2.62. The summed E-state index contributed by atoms with van der Waals surface area (Å²) in [6.45, 7) is 0.314. The van der Waals surface area contributed by atoms with Crippen LogP contribution in [0.2, 0.25) is 5.28 Å². The maximum absolute atomic E-state index is 13.1. The van der Waals surface area contributed by atoms with Gasteiger partial charge in [-0.2, -0.15) is 31.3 Å². The third-order valence-corrected chi connectivity index (χ3v) is 4.81. The van der Waals surface area contributed by atoms with Crippen LogP contribution in [0.4, 0.5) is 32.2 Å². The summed E-state index contributed by atoms with van der Waals surface area (Å²) in [4.78, 5) is 13.5. The summed E-state index contributed by atoms with van der Waals surface area (Å²) < 4.78 is 78.4. The van der Waals surface area contributed by atoms with Crippen LogP contribution in [0, 0.1) is 0 Å². The van der Waals surface area contributed by atoms with Gasteiger partial charge in [-0.25, -0.2) is 4.98 Å². The van der Waals surface area contributed by atoms with Crippen LogP contribution in [-0.2, 0) is 25.3 Å². The Kier molecular flexibility index (Phi) is 4.56. The Morgan fingerprint density at radius 1 is 0.931 bits per heavy atom. The fourth-order valence-corrected chi connectivity index (χ4v) is 3.44. The zero-order valence-corrected chi connectivity index (χ0v) is 15.2. The molecule has 4 nitrogen and oxygen atoms in total. The molecule has 11 heteroatoms. The smallest absolute Gasteiger partial charge is 0.351 e. The van der Waals surface area contributed by atoms with Crippen molar-refractivity contribution in [2.75, 3.05) is 11.4 Å². The highest BCUT2D eigenvalue weighted by Crippen LogP contribution is 2.36. The van der Waals surface area contributed by atoms with E-state index in [0.29, 0.717) is 24.2 Å². The first-order valence-electron chi connectivity index (χ1n) is 8.37. The van der Waals surface area contributed by atoms with Crippen LogP contribution in [0.3, 0.4) is 0 Å². The standard InChI is InChI=1S/C18H11ClF6N4/c19-16-27-14-2-1-10(17(20,21)22)6-12(14)15(28-16)29-4-3-13-9(8-29)5-11(7-26-13)18(23,24)25/h1-2,5-7H,3-4,8H2.